The van der Waals surface area contributed by atoms with Gasteiger partial charge in [0.05, 0.1) is 23.4 Å². The van der Waals surface area contributed by atoms with Crippen molar-refractivity contribution in [2.24, 2.45) is 0 Å². The summed E-state index contributed by atoms with van der Waals surface area (Å²) in [6, 6.07) is 16.8. The van der Waals surface area contributed by atoms with Crippen LogP contribution in [0, 0.1) is 11.3 Å². The lowest BCUT2D eigenvalue weighted by Crippen LogP contribution is -2.52. The molecule has 1 unspecified atom stereocenters. The van der Waals surface area contributed by atoms with Crippen LogP contribution in [0.5, 0.6) is 0 Å². The molecule has 1 aromatic heterocycles. The number of fused-ring (bicyclic) bond motifs is 1. The number of piperazine rings is 1. The number of Topliss-reactive ketones (excluding diaryl/α,β-unsaturated/α-hetero) is 1. The molecule has 0 spiro atoms. The van der Waals surface area contributed by atoms with Crippen molar-refractivity contribution in [3.63, 3.8) is 0 Å². The zero-order chi connectivity index (χ0) is 22.7. The quantitative estimate of drug-likeness (QED) is 0.601. The third-order valence-electron chi connectivity index (χ3n) is 5.99. The van der Waals surface area contributed by atoms with E-state index in [0.29, 0.717) is 16.8 Å². The standard InChI is InChI=1S/C25H26N4O3/c1-17(25(31)27-23-21-5-3-4-6-22(21)32-24(23)18(2)30)29-13-11-28(12-14-29)16-20-9-7-19(15-26)8-10-20/h3-10,17H,11-14,16H2,1-2H3,(H,27,31). The molecule has 1 atom stereocenters. The summed E-state index contributed by atoms with van der Waals surface area (Å²) in [5, 5.41) is 12.6. The van der Waals surface area contributed by atoms with E-state index >= 15 is 0 Å². The minimum Gasteiger partial charge on any atom is -0.451 e. The van der Waals surface area contributed by atoms with E-state index in [1.54, 1.807) is 6.07 Å². The Bertz CT molecular complexity index is 1170. The Labute approximate surface area is 187 Å². The Kier molecular flexibility index (Phi) is 6.35. The van der Waals surface area contributed by atoms with Gasteiger partial charge in [0.15, 0.2) is 11.5 Å². The minimum atomic E-state index is -0.333. The number of nitriles is 1. The van der Waals surface area contributed by atoms with Crippen molar-refractivity contribution in [2.45, 2.75) is 26.4 Å². The molecule has 0 saturated carbocycles. The zero-order valence-electron chi connectivity index (χ0n) is 18.3. The summed E-state index contributed by atoms with van der Waals surface area (Å²) < 4.78 is 5.67. The van der Waals surface area contributed by atoms with Gasteiger partial charge in [0, 0.05) is 45.0 Å². The van der Waals surface area contributed by atoms with Crippen LogP contribution in [0.1, 0.15) is 35.5 Å². The second-order valence-electron chi connectivity index (χ2n) is 8.14. The van der Waals surface area contributed by atoms with Crippen LogP contribution in [0.4, 0.5) is 5.69 Å². The maximum Gasteiger partial charge on any atom is 0.241 e. The largest absolute Gasteiger partial charge is 0.451 e. The first-order valence-corrected chi connectivity index (χ1v) is 10.7. The van der Waals surface area contributed by atoms with Gasteiger partial charge in [-0.05, 0) is 36.8 Å². The van der Waals surface area contributed by atoms with Crippen LogP contribution in [0.2, 0.25) is 0 Å². The van der Waals surface area contributed by atoms with Crippen LogP contribution in [0.25, 0.3) is 11.0 Å². The highest BCUT2D eigenvalue weighted by Crippen LogP contribution is 2.31. The number of amides is 1. The Morgan fingerprint density at radius 1 is 1.09 bits per heavy atom. The van der Waals surface area contributed by atoms with E-state index in [1.165, 1.54) is 12.5 Å². The molecule has 1 aliphatic heterocycles. The molecule has 7 nitrogen and oxygen atoms in total. The van der Waals surface area contributed by atoms with E-state index < -0.39 is 0 Å². The molecule has 7 heteroatoms. The van der Waals surface area contributed by atoms with Crippen molar-refractivity contribution in [1.82, 2.24) is 9.80 Å². The molecule has 1 aliphatic rings. The molecule has 1 fully saturated rings. The van der Waals surface area contributed by atoms with E-state index in [9.17, 15) is 9.59 Å². The number of carbonyl (C=O) groups is 2. The zero-order valence-corrected chi connectivity index (χ0v) is 18.3. The summed E-state index contributed by atoms with van der Waals surface area (Å²) in [6.45, 7) is 7.40. The molecule has 2 aromatic carbocycles. The topological polar surface area (TPSA) is 89.6 Å². The van der Waals surface area contributed by atoms with Crippen molar-refractivity contribution in [1.29, 1.82) is 5.26 Å². The van der Waals surface area contributed by atoms with Crippen LogP contribution in [-0.2, 0) is 11.3 Å². The number of ketones is 1. The van der Waals surface area contributed by atoms with Gasteiger partial charge in [-0.3, -0.25) is 19.4 Å². The fourth-order valence-electron chi connectivity index (χ4n) is 4.06. The summed E-state index contributed by atoms with van der Waals surface area (Å²) in [7, 11) is 0. The first kappa shape index (κ1) is 21.8. The monoisotopic (exact) mass is 430 g/mol. The number of anilines is 1. The molecule has 2 heterocycles. The number of para-hydroxylation sites is 1. The van der Waals surface area contributed by atoms with E-state index in [-0.39, 0.29) is 23.5 Å². The molecule has 32 heavy (non-hydrogen) atoms. The Hall–Kier alpha value is -3.47. The molecule has 1 N–H and O–H groups in total. The number of nitrogens with zero attached hydrogens (tertiary/aromatic N) is 3. The van der Waals surface area contributed by atoms with Crippen molar-refractivity contribution < 1.29 is 14.0 Å². The third kappa shape index (κ3) is 4.57. The SMILES string of the molecule is CC(=O)c1oc2ccccc2c1NC(=O)C(C)N1CCN(Cc2ccc(C#N)cc2)CC1. The van der Waals surface area contributed by atoms with Crippen LogP contribution >= 0.6 is 0 Å². The normalized spacial score (nSPS) is 15.9. The summed E-state index contributed by atoms with van der Waals surface area (Å²) in [4.78, 5) is 29.5. The summed E-state index contributed by atoms with van der Waals surface area (Å²) in [6.07, 6.45) is 0. The highest BCUT2D eigenvalue weighted by atomic mass is 16.3. The summed E-state index contributed by atoms with van der Waals surface area (Å²) >= 11 is 0. The molecule has 0 radical (unpaired) electrons. The third-order valence-corrected chi connectivity index (χ3v) is 5.99. The number of rotatable bonds is 6. The predicted octanol–water partition coefficient (Wildman–Crippen LogP) is 3.65. The van der Waals surface area contributed by atoms with Crippen molar-refractivity contribution in [2.75, 3.05) is 31.5 Å². The number of hydrogen-bond acceptors (Lipinski definition) is 6. The van der Waals surface area contributed by atoms with E-state index in [0.717, 1.165) is 38.1 Å². The Balaban J connectivity index is 1.37. The maximum atomic E-state index is 13.0. The summed E-state index contributed by atoms with van der Waals surface area (Å²) in [5.74, 6) is -0.195. The number of nitrogens with one attached hydrogen (secondary N) is 1. The van der Waals surface area contributed by atoms with Crippen molar-refractivity contribution in [3.05, 3.63) is 65.4 Å². The molecular weight excluding hydrogens is 404 g/mol. The number of benzene rings is 2. The Morgan fingerprint density at radius 3 is 2.44 bits per heavy atom. The van der Waals surface area contributed by atoms with Gasteiger partial charge < -0.3 is 9.73 Å². The molecular formula is C25H26N4O3. The highest BCUT2D eigenvalue weighted by molar-refractivity contribution is 6.11. The van der Waals surface area contributed by atoms with Gasteiger partial charge in [-0.2, -0.15) is 5.26 Å². The number of carbonyl (C=O) groups excluding carboxylic acids is 2. The van der Waals surface area contributed by atoms with Crippen molar-refractivity contribution >= 4 is 28.3 Å². The van der Waals surface area contributed by atoms with E-state index in [2.05, 4.69) is 21.2 Å². The van der Waals surface area contributed by atoms with Gasteiger partial charge in [-0.1, -0.05) is 24.3 Å². The fourth-order valence-corrected chi connectivity index (χ4v) is 4.06. The number of hydrogen-bond donors (Lipinski definition) is 1. The first-order chi connectivity index (χ1) is 15.5. The minimum absolute atomic E-state index is 0.153. The van der Waals surface area contributed by atoms with E-state index in [4.69, 9.17) is 9.68 Å². The van der Waals surface area contributed by atoms with Crippen LogP contribution in [-0.4, -0.2) is 53.7 Å². The fraction of sp³-hybridized carbons (Fsp3) is 0.320. The number of furan rings is 1. The molecule has 4 rings (SSSR count). The first-order valence-electron chi connectivity index (χ1n) is 10.7. The molecule has 0 aliphatic carbocycles. The Morgan fingerprint density at radius 2 is 1.78 bits per heavy atom. The smallest absolute Gasteiger partial charge is 0.241 e. The van der Waals surface area contributed by atoms with Crippen molar-refractivity contribution in [3.8, 4) is 6.07 Å². The van der Waals surface area contributed by atoms with Gasteiger partial charge in [-0.15, -0.1) is 0 Å². The van der Waals surface area contributed by atoms with Gasteiger partial charge >= 0.3 is 0 Å². The van der Waals surface area contributed by atoms with Gasteiger partial charge in [0.1, 0.15) is 5.58 Å². The second kappa shape index (κ2) is 9.35. The summed E-state index contributed by atoms with van der Waals surface area (Å²) in [5.41, 5.74) is 2.87. The average molecular weight is 431 g/mol. The second-order valence-corrected chi connectivity index (χ2v) is 8.14. The lowest BCUT2D eigenvalue weighted by molar-refractivity contribution is -0.121. The van der Waals surface area contributed by atoms with Gasteiger partial charge in [-0.25, -0.2) is 0 Å². The molecule has 3 aromatic rings. The lowest BCUT2D eigenvalue weighted by Gasteiger charge is -2.37. The predicted molar refractivity (Wildman–Crippen MR) is 122 cm³/mol. The van der Waals surface area contributed by atoms with Crippen LogP contribution < -0.4 is 5.32 Å². The molecule has 1 amide bonds. The average Bonchev–Trinajstić information content (AvgIpc) is 3.18. The maximum absolute atomic E-state index is 13.0. The lowest BCUT2D eigenvalue weighted by atomic mass is 10.1. The van der Waals surface area contributed by atoms with E-state index in [1.807, 2.05) is 49.4 Å². The molecule has 0 bridgehead atoms. The van der Waals surface area contributed by atoms with Gasteiger partial charge in [0.2, 0.25) is 5.91 Å². The molecule has 164 valence electrons. The van der Waals surface area contributed by atoms with Crippen LogP contribution in [0.3, 0.4) is 0 Å². The van der Waals surface area contributed by atoms with Crippen LogP contribution in [0.15, 0.2) is 52.9 Å². The highest BCUT2D eigenvalue weighted by Gasteiger charge is 2.28. The van der Waals surface area contributed by atoms with Gasteiger partial charge in [0.25, 0.3) is 0 Å². The molecule has 1 saturated heterocycles.